The molecule has 0 amide bonds. The summed E-state index contributed by atoms with van der Waals surface area (Å²) in [5.74, 6) is 0.980. The average Bonchev–Trinajstić information content (AvgIpc) is 2.86. The highest BCUT2D eigenvalue weighted by Crippen LogP contribution is 2.38. The van der Waals surface area contributed by atoms with Crippen LogP contribution in [-0.4, -0.2) is 63.4 Å². The Kier molecular flexibility index (Phi) is 8.24. The van der Waals surface area contributed by atoms with Crippen LogP contribution in [-0.2, 0) is 11.2 Å². The van der Waals surface area contributed by atoms with Gasteiger partial charge in [0.25, 0.3) is 0 Å². The number of aliphatic carboxylic acids is 1. The third-order valence-corrected chi connectivity index (χ3v) is 7.90. The van der Waals surface area contributed by atoms with Crippen molar-refractivity contribution in [2.75, 3.05) is 32.5 Å². The predicted molar refractivity (Wildman–Crippen MR) is 135 cm³/mol. The number of hydrogen-bond donors (Lipinski definition) is 1. The van der Waals surface area contributed by atoms with Crippen LogP contribution in [0.5, 0.6) is 5.75 Å². The molecule has 1 saturated heterocycles. The maximum atomic E-state index is 12.3. The first-order valence-corrected chi connectivity index (χ1v) is 12.8. The van der Waals surface area contributed by atoms with E-state index in [1.807, 2.05) is 18.2 Å². The molecule has 1 N–H and O–H groups in total. The summed E-state index contributed by atoms with van der Waals surface area (Å²) in [5, 5.41) is 12.6. The Morgan fingerprint density at radius 3 is 2.76 bits per heavy atom. The maximum Gasteiger partial charge on any atom is 0.309 e. The van der Waals surface area contributed by atoms with Gasteiger partial charge in [0.15, 0.2) is 0 Å². The molecule has 180 valence electrons. The Balaban J connectivity index is 1.34. The largest absolute Gasteiger partial charge is 0.497 e. The normalized spacial score (nSPS) is 15.9. The van der Waals surface area contributed by atoms with Crippen LogP contribution in [0.25, 0.3) is 10.9 Å². The van der Waals surface area contributed by atoms with Crippen molar-refractivity contribution >= 4 is 40.2 Å². The summed E-state index contributed by atoms with van der Waals surface area (Å²) in [7, 11) is 1.64. The number of halogens is 1. The van der Waals surface area contributed by atoms with E-state index in [4.69, 9.17) is 16.3 Å². The van der Waals surface area contributed by atoms with Crippen LogP contribution < -0.4 is 4.74 Å². The zero-order chi connectivity index (χ0) is 24.0. The molecule has 0 bridgehead atoms. The zero-order valence-electron chi connectivity index (χ0n) is 19.2. The molecule has 1 aliphatic rings. The molecule has 4 rings (SSSR count). The molecule has 3 heterocycles. The summed E-state index contributed by atoms with van der Waals surface area (Å²) in [5.41, 5.74) is 1.19. The molecule has 0 aliphatic carbocycles. The van der Waals surface area contributed by atoms with E-state index in [1.54, 1.807) is 43.7 Å². The molecule has 2 aromatic heterocycles. The number of carboxylic acid groups (broad SMARTS) is 1. The first-order chi connectivity index (χ1) is 16.5. The molecule has 3 aromatic rings. The second-order valence-electron chi connectivity index (χ2n) is 8.64. The monoisotopic (exact) mass is 500 g/mol. The number of rotatable bonds is 10. The fourth-order valence-electron chi connectivity index (χ4n) is 4.60. The number of pyridine rings is 1. The predicted octanol–water partition coefficient (Wildman–Crippen LogP) is 4.97. The molecule has 0 saturated carbocycles. The van der Waals surface area contributed by atoms with Gasteiger partial charge in [0.2, 0.25) is 0 Å². The van der Waals surface area contributed by atoms with Crippen molar-refractivity contribution in [2.45, 2.75) is 37.1 Å². The van der Waals surface area contributed by atoms with Crippen LogP contribution >= 0.6 is 23.4 Å². The number of thioether (sulfide) groups is 1. The van der Waals surface area contributed by atoms with Gasteiger partial charge in [0, 0.05) is 36.3 Å². The third-order valence-electron chi connectivity index (χ3n) is 6.68. The lowest BCUT2D eigenvalue weighted by molar-refractivity contribution is -0.152. The maximum absolute atomic E-state index is 12.3. The van der Waals surface area contributed by atoms with E-state index < -0.39 is 11.4 Å². The SMILES string of the molecule is COc1ccc2ncc(Cl)c(CCCC3(C(=O)O)CCN(CCSc4cnccn4)CC3)c2c1. The minimum atomic E-state index is -0.687. The van der Waals surface area contributed by atoms with E-state index in [-0.39, 0.29) is 0 Å². The highest BCUT2D eigenvalue weighted by molar-refractivity contribution is 7.99. The van der Waals surface area contributed by atoms with Crippen LogP contribution in [0.3, 0.4) is 0 Å². The standard InChI is InChI=1S/C25H29ClN4O3S/c1-33-18-4-5-22-20(15-18)19(21(26)16-29-22)3-2-6-25(24(31)32)7-11-30(12-8-25)13-14-34-23-17-27-9-10-28-23/h4-5,9-10,15-17H,2-3,6-8,11-14H2,1H3,(H,31,32). The summed E-state index contributed by atoms with van der Waals surface area (Å²) in [6.07, 6.45) is 10.2. The van der Waals surface area contributed by atoms with Crippen molar-refractivity contribution in [2.24, 2.45) is 5.41 Å². The molecule has 1 aliphatic heterocycles. The highest BCUT2D eigenvalue weighted by atomic mass is 35.5. The van der Waals surface area contributed by atoms with Crippen LogP contribution in [0.4, 0.5) is 0 Å². The number of methoxy groups -OCH3 is 1. The van der Waals surface area contributed by atoms with E-state index in [1.165, 1.54) is 0 Å². The summed E-state index contributed by atoms with van der Waals surface area (Å²) in [6, 6.07) is 5.76. The van der Waals surface area contributed by atoms with Gasteiger partial charge in [-0.15, -0.1) is 11.8 Å². The Bertz CT molecular complexity index is 1120. The molecule has 7 nitrogen and oxygen atoms in total. The lowest BCUT2D eigenvalue weighted by Crippen LogP contribution is -2.45. The molecular weight excluding hydrogens is 472 g/mol. The number of ether oxygens (including phenoxy) is 1. The van der Waals surface area contributed by atoms with E-state index in [2.05, 4.69) is 19.9 Å². The summed E-state index contributed by atoms with van der Waals surface area (Å²) in [4.78, 5) is 27.4. The number of carbonyl (C=O) groups is 1. The van der Waals surface area contributed by atoms with Gasteiger partial charge in [-0.25, -0.2) is 4.98 Å². The number of benzene rings is 1. The van der Waals surface area contributed by atoms with Crippen molar-refractivity contribution in [3.05, 3.63) is 53.6 Å². The second kappa shape index (κ2) is 11.3. The molecule has 0 spiro atoms. The number of fused-ring (bicyclic) bond motifs is 1. The van der Waals surface area contributed by atoms with Gasteiger partial charge in [-0.2, -0.15) is 0 Å². The molecule has 0 unspecified atom stereocenters. The Morgan fingerprint density at radius 1 is 1.24 bits per heavy atom. The van der Waals surface area contributed by atoms with Gasteiger partial charge in [-0.1, -0.05) is 11.6 Å². The van der Waals surface area contributed by atoms with Crippen molar-refractivity contribution in [3.8, 4) is 5.75 Å². The minimum Gasteiger partial charge on any atom is -0.497 e. The van der Waals surface area contributed by atoms with Gasteiger partial charge in [0.05, 0.1) is 29.3 Å². The summed E-state index contributed by atoms with van der Waals surface area (Å²) >= 11 is 8.17. The fraction of sp³-hybridized carbons (Fsp3) is 0.440. The van der Waals surface area contributed by atoms with E-state index in [0.29, 0.717) is 30.7 Å². The van der Waals surface area contributed by atoms with Crippen molar-refractivity contribution in [1.82, 2.24) is 19.9 Å². The zero-order valence-corrected chi connectivity index (χ0v) is 20.8. The first-order valence-electron chi connectivity index (χ1n) is 11.5. The number of nitrogens with zero attached hydrogens (tertiary/aromatic N) is 4. The molecule has 1 aromatic carbocycles. The van der Waals surface area contributed by atoms with E-state index >= 15 is 0 Å². The number of piperidine rings is 1. The lowest BCUT2D eigenvalue weighted by atomic mass is 9.74. The fourth-order valence-corrected chi connectivity index (χ4v) is 5.68. The Labute approximate surface area is 208 Å². The Hall–Kier alpha value is -2.42. The van der Waals surface area contributed by atoms with Crippen LogP contribution in [0.15, 0.2) is 48.0 Å². The summed E-state index contributed by atoms with van der Waals surface area (Å²) in [6.45, 7) is 2.50. The second-order valence-corrected chi connectivity index (χ2v) is 10.2. The van der Waals surface area contributed by atoms with Crippen LogP contribution in [0, 0.1) is 5.41 Å². The highest BCUT2D eigenvalue weighted by Gasteiger charge is 2.40. The molecule has 0 atom stereocenters. The van der Waals surface area contributed by atoms with Crippen LogP contribution in [0.1, 0.15) is 31.2 Å². The van der Waals surface area contributed by atoms with Gasteiger partial charge in [-0.05, 0) is 69.0 Å². The van der Waals surface area contributed by atoms with Gasteiger partial charge >= 0.3 is 5.97 Å². The molecular formula is C25H29ClN4O3S. The number of aromatic nitrogens is 3. The quantitative estimate of drug-likeness (QED) is 0.390. The average molecular weight is 501 g/mol. The Morgan fingerprint density at radius 2 is 2.06 bits per heavy atom. The van der Waals surface area contributed by atoms with E-state index in [9.17, 15) is 9.90 Å². The molecule has 0 radical (unpaired) electrons. The lowest BCUT2D eigenvalue weighted by Gasteiger charge is -2.39. The number of hydrogen-bond acceptors (Lipinski definition) is 7. The van der Waals surface area contributed by atoms with Crippen molar-refractivity contribution < 1.29 is 14.6 Å². The van der Waals surface area contributed by atoms with Gasteiger partial charge in [-0.3, -0.25) is 14.8 Å². The van der Waals surface area contributed by atoms with Crippen molar-refractivity contribution in [3.63, 3.8) is 0 Å². The molecule has 1 fully saturated rings. The number of likely N-dealkylation sites (tertiary alicyclic amines) is 1. The van der Waals surface area contributed by atoms with E-state index in [0.717, 1.165) is 59.0 Å². The smallest absolute Gasteiger partial charge is 0.309 e. The number of aryl methyl sites for hydroxylation is 1. The molecule has 9 heteroatoms. The number of carboxylic acids is 1. The molecule has 34 heavy (non-hydrogen) atoms. The summed E-state index contributed by atoms with van der Waals surface area (Å²) < 4.78 is 5.37. The van der Waals surface area contributed by atoms with Crippen molar-refractivity contribution in [1.29, 1.82) is 0 Å². The minimum absolute atomic E-state index is 0.612. The topological polar surface area (TPSA) is 88.4 Å². The first kappa shape index (κ1) is 24.7. The van der Waals surface area contributed by atoms with Gasteiger partial charge in [0.1, 0.15) is 10.8 Å². The van der Waals surface area contributed by atoms with Gasteiger partial charge < -0.3 is 14.7 Å². The third kappa shape index (κ3) is 5.79. The van der Waals surface area contributed by atoms with Crippen LogP contribution in [0.2, 0.25) is 5.02 Å².